The van der Waals surface area contributed by atoms with E-state index in [2.05, 4.69) is 5.32 Å². The smallest absolute Gasteiger partial charge is 0.243 e. The number of carbonyl (C=O) groups excluding carboxylic acids is 1. The van der Waals surface area contributed by atoms with E-state index in [0.29, 0.717) is 24.3 Å². The van der Waals surface area contributed by atoms with E-state index in [4.69, 9.17) is 5.73 Å². The normalized spacial score (nSPS) is 12.8. The van der Waals surface area contributed by atoms with Crippen molar-refractivity contribution in [2.24, 2.45) is 5.73 Å². The van der Waals surface area contributed by atoms with Crippen molar-refractivity contribution in [3.05, 3.63) is 59.7 Å². The Labute approximate surface area is 161 Å². The number of carbonyl (C=O) groups is 1. The highest BCUT2D eigenvalue weighted by molar-refractivity contribution is 7.89. The molecule has 1 atom stereocenters. The Morgan fingerprint density at radius 1 is 1.11 bits per heavy atom. The molecule has 3 N–H and O–H groups in total. The SMILES string of the molecule is CCN(CC)S(=O)(=O)c1cc(NC(=O)CC(N)c2ccccc2)ccc1C. The summed E-state index contributed by atoms with van der Waals surface area (Å²) in [6.07, 6.45) is 0.107. The summed E-state index contributed by atoms with van der Waals surface area (Å²) in [5.74, 6) is -0.263. The lowest BCUT2D eigenvalue weighted by atomic mass is 10.0. The Balaban J connectivity index is 2.17. The molecule has 2 rings (SSSR count). The molecule has 0 aliphatic rings. The van der Waals surface area contributed by atoms with Gasteiger partial charge in [0.25, 0.3) is 0 Å². The van der Waals surface area contributed by atoms with Crippen LogP contribution in [0.1, 0.15) is 37.4 Å². The summed E-state index contributed by atoms with van der Waals surface area (Å²) in [7, 11) is -3.60. The van der Waals surface area contributed by atoms with Gasteiger partial charge in [0.15, 0.2) is 0 Å². The van der Waals surface area contributed by atoms with Crippen LogP contribution < -0.4 is 11.1 Å². The molecule has 0 heterocycles. The minimum atomic E-state index is -3.60. The third-order valence-corrected chi connectivity index (χ3v) is 6.62. The average molecular weight is 390 g/mol. The summed E-state index contributed by atoms with van der Waals surface area (Å²) in [5, 5.41) is 2.76. The van der Waals surface area contributed by atoms with Gasteiger partial charge in [-0.15, -0.1) is 0 Å². The lowest BCUT2D eigenvalue weighted by Crippen LogP contribution is -2.31. The van der Waals surface area contributed by atoms with E-state index in [-0.39, 0.29) is 17.2 Å². The van der Waals surface area contributed by atoms with Gasteiger partial charge in [0.05, 0.1) is 4.90 Å². The van der Waals surface area contributed by atoms with E-state index in [1.165, 1.54) is 10.4 Å². The molecule has 0 aliphatic carbocycles. The van der Waals surface area contributed by atoms with Crippen LogP contribution in [0.4, 0.5) is 5.69 Å². The van der Waals surface area contributed by atoms with Crippen LogP contribution in [0.3, 0.4) is 0 Å². The molecule has 0 bridgehead atoms. The van der Waals surface area contributed by atoms with Crippen molar-refractivity contribution < 1.29 is 13.2 Å². The summed E-state index contributed by atoms with van der Waals surface area (Å²) in [6, 6.07) is 13.9. The number of amides is 1. The second-order valence-electron chi connectivity index (χ2n) is 6.34. The Bertz CT molecular complexity index is 879. The lowest BCUT2D eigenvalue weighted by molar-refractivity contribution is -0.116. The highest BCUT2D eigenvalue weighted by Gasteiger charge is 2.24. The van der Waals surface area contributed by atoms with Crippen LogP contribution in [0.25, 0.3) is 0 Å². The van der Waals surface area contributed by atoms with E-state index in [0.717, 1.165) is 5.56 Å². The number of hydrogen-bond acceptors (Lipinski definition) is 4. The first-order chi connectivity index (χ1) is 12.8. The molecule has 7 heteroatoms. The molecule has 146 valence electrons. The van der Waals surface area contributed by atoms with Gasteiger partial charge in [-0.2, -0.15) is 4.31 Å². The number of nitrogens with one attached hydrogen (secondary N) is 1. The van der Waals surface area contributed by atoms with Gasteiger partial charge in [-0.3, -0.25) is 4.79 Å². The molecule has 1 amide bonds. The van der Waals surface area contributed by atoms with Gasteiger partial charge in [-0.1, -0.05) is 50.2 Å². The van der Waals surface area contributed by atoms with Gasteiger partial charge in [-0.05, 0) is 30.2 Å². The van der Waals surface area contributed by atoms with Crippen LogP contribution in [-0.4, -0.2) is 31.7 Å². The van der Waals surface area contributed by atoms with Crippen LogP contribution in [0.15, 0.2) is 53.4 Å². The molecule has 1 unspecified atom stereocenters. The van der Waals surface area contributed by atoms with Gasteiger partial charge in [0.2, 0.25) is 15.9 Å². The van der Waals surface area contributed by atoms with Gasteiger partial charge in [-0.25, -0.2) is 8.42 Å². The largest absolute Gasteiger partial charge is 0.326 e. The molecule has 0 aromatic heterocycles. The summed E-state index contributed by atoms with van der Waals surface area (Å²) in [6.45, 7) is 6.12. The van der Waals surface area contributed by atoms with Crippen molar-refractivity contribution in [1.82, 2.24) is 4.31 Å². The first-order valence-corrected chi connectivity index (χ1v) is 10.4. The first-order valence-electron chi connectivity index (χ1n) is 9.00. The van der Waals surface area contributed by atoms with E-state index in [9.17, 15) is 13.2 Å². The minimum absolute atomic E-state index is 0.107. The van der Waals surface area contributed by atoms with Crippen LogP contribution in [0, 0.1) is 6.92 Å². The maximum Gasteiger partial charge on any atom is 0.243 e. The lowest BCUT2D eigenvalue weighted by Gasteiger charge is -2.20. The topological polar surface area (TPSA) is 92.5 Å². The summed E-state index contributed by atoms with van der Waals surface area (Å²) in [4.78, 5) is 12.5. The number of nitrogens with two attached hydrogens (primary N) is 1. The van der Waals surface area contributed by atoms with Gasteiger partial charge in [0, 0.05) is 31.2 Å². The van der Waals surface area contributed by atoms with Crippen molar-refractivity contribution in [2.75, 3.05) is 18.4 Å². The maximum atomic E-state index is 12.8. The number of hydrogen-bond donors (Lipinski definition) is 2. The Morgan fingerprint density at radius 2 is 1.74 bits per heavy atom. The molecule has 0 saturated carbocycles. The Hall–Kier alpha value is -2.22. The number of anilines is 1. The quantitative estimate of drug-likeness (QED) is 0.726. The molecular weight excluding hydrogens is 362 g/mol. The fourth-order valence-corrected chi connectivity index (χ4v) is 4.60. The zero-order valence-corrected chi connectivity index (χ0v) is 16.8. The number of aryl methyl sites for hydroxylation is 1. The fraction of sp³-hybridized carbons (Fsp3) is 0.350. The van der Waals surface area contributed by atoms with Crippen molar-refractivity contribution in [3.8, 4) is 0 Å². The van der Waals surface area contributed by atoms with E-state index >= 15 is 0 Å². The second kappa shape index (κ2) is 9.12. The third-order valence-electron chi connectivity index (χ3n) is 4.43. The minimum Gasteiger partial charge on any atom is -0.326 e. The first kappa shape index (κ1) is 21.1. The highest BCUT2D eigenvalue weighted by atomic mass is 32.2. The summed E-state index contributed by atoms with van der Waals surface area (Å²) < 4.78 is 27.0. The molecule has 0 radical (unpaired) electrons. The summed E-state index contributed by atoms with van der Waals surface area (Å²) in [5.41, 5.74) is 8.04. The molecule has 0 saturated heterocycles. The monoisotopic (exact) mass is 389 g/mol. The van der Waals surface area contributed by atoms with E-state index in [1.54, 1.807) is 32.9 Å². The third kappa shape index (κ3) is 5.15. The summed E-state index contributed by atoms with van der Waals surface area (Å²) >= 11 is 0. The van der Waals surface area contributed by atoms with Crippen molar-refractivity contribution in [2.45, 2.75) is 38.1 Å². The van der Waals surface area contributed by atoms with Crippen molar-refractivity contribution >= 4 is 21.6 Å². The molecule has 2 aromatic carbocycles. The fourth-order valence-electron chi connectivity index (χ4n) is 2.89. The molecular formula is C20H27N3O3S. The standard InChI is InChI=1S/C20H27N3O3S/c1-4-23(5-2)27(25,26)19-13-17(12-11-15(19)3)22-20(24)14-18(21)16-9-7-6-8-10-16/h6-13,18H,4-5,14,21H2,1-3H3,(H,22,24). The van der Waals surface area contributed by atoms with Crippen LogP contribution in [-0.2, 0) is 14.8 Å². The Kier molecular flexibility index (Phi) is 7.12. The van der Waals surface area contributed by atoms with Gasteiger partial charge < -0.3 is 11.1 Å². The average Bonchev–Trinajstić information content (AvgIpc) is 2.64. The predicted molar refractivity (Wildman–Crippen MR) is 108 cm³/mol. The molecule has 2 aromatic rings. The number of nitrogens with zero attached hydrogens (tertiary/aromatic N) is 1. The maximum absolute atomic E-state index is 12.8. The van der Waals surface area contributed by atoms with E-state index in [1.807, 2.05) is 30.3 Å². The van der Waals surface area contributed by atoms with Gasteiger partial charge >= 0.3 is 0 Å². The second-order valence-corrected chi connectivity index (χ2v) is 8.25. The molecule has 6 nitrogen and oxygen atoms in total. The predicted octanol–water partition coefficient (Wildman–Crippen LogP) is 3.05. The molecule has 0 aliphatic heterocycles. The molecule has 27 heavy (non-hydrogen) atoms. The number of benzene rings is 2. The van der Waals surface area contributed by atoms with Crippen LogP contribution in [0.5, 0.6) is 0 Å². The molecule has 0 fully saturated rings. The van der Waals surface area contributed by atoms with E-state index < -0.39 is 16.1 Å². The highest BCUT2D eigenvalue weighted by Crippen LogP contribution is 2.24. The van der Waals surface area contributed by atoms with Crippen LogP contribution in [0.2, 0.25) is 0 Å². The van der Waals surface area contributed by atoms with Crippen LogP contribution >= 0.6 is 0 Å². The molecule has 0 spiro atoms. The van der Waals surface area contributed by atoms with Crippen molar-refractivity contribution in [1.29, 1.82) is 0 Å². The Morgan fingerprint density at radius 3 is 2.33 bits per heavy atom. The number of rotatable bonds is 8. The number of sulfonamides is 1. The zero-order valence-electron chi connectivity index (χ0n) is 16.0. The van der Waals surface area contributed by atoms with Gasteiger partial charge in [0.1, 0.15) is 0 Å². The zero-order chi connectivity index (χ0) is 20.0. The van der Waals surface area contributed by atoms with Crippen molar-refractivity contribution in [3.63, 3.8) is 0 Å².